The molecule has 2 aliphatic heterocycles. The van der Waals surface area contributed by atoms with Crippen LogP contribution in [0.1, 0.15) is 23.4 Å². The van der Waals surface area contributed by atoms with Gasteiger partial charge in [-0.1, -0.05) is 18.2 Å². The number of benzene rings is 2. The molecule has 1 saturated heterocycles. The summed E-state index contributed by atoms with van der Waals surface area (Å²) in [4.78, 5) is 25.0. The molecule has 0 radical (unpaired) electrons. The molecule has 0 N–H and O–H groups in total. The first-order valence-electron chi connectivity index (χ1n) is 11.0. The second-order valence-corrected chi connectivity index (χ2v) is 10.1. The van der Waals surface area contributed by atoms with Crippen LogP contribution in [0.2, 0.25) is 0 Å². The first-order valence-corrected chi connectivity index (χ1v) is 12.4. The summed E-state index contributed by atoms with van der Waals surface area (Å²) in [5, 5.41) is 0.795. The maximum atomic E-state index is 13.1. The van der Waals surface area contributed by atoms with Gasteiger partial charge >= 0.3 is 5.97 Å². The van der Waals surface area contributed by atoms with Gasteiger partial charge in [-0.25, -0.2) is 8.42 Å². The number of furan rings is 1. The van der Waals surface area contributed by atoms with Gasteiger partial charge in [-0.2, -0.15) is 4.31 Å². The van der Waals surface area contributed by atoms with Crippen LogP contribution in [0.25, 0.3) is 11.0 Å². The number of nitrogens with zero attached hydrogens (tertiary/aromatic N) is 1. The van der Waals surface area contributed by atoms with Gasteiger partial charge in [0.15, 0.2) is 23.9 Å². The number of Topliss-reactive ketones (excluding diaryl/α,β-unsaturated/α-hetero) is 1. The summed E-state index contributed by atoms with van der Waals surface area (Å²) in [6, 6.07) is 13.4. The monoisotopic (exact) mass is 485 g/mol. The molecule has 2 aliphatic rings. The maximum absolute atomic E-state index is 13.1. The Labute approximate surface area is 196 Å². The highest BCUT2D eigenvalue weighted by Gasteiger charge is 2.33. The highest BCUT2D eigenvalue weighted by molar-refractivity contribution is 7.89. The van der Waals surface area contributed by atoms with Crippen molar-refractivity contribution in [1.29, 1.82) is 0 Å². The van der Waals surface area contributed by atoms with Crippen molar-refractivity contribution in [3.63, 3.8) is 0 Å². The number of ketones is 1. The lowest BCUT2D eigenvalue weighted by molar-refractivity contribution is -0.148. The summed E-state index contributed by atoms with van der Waals surface area (Å²) >= 11 is 0. The van der Waals surface area contributed by atoms with Gasteiger partial charge in [-0.15, -0.1) is 0 Å². The summed E-state index contributed by atoms with van der Waals surface area (Å²) in [7, 11) is -3.74. The molecule has 0 spiro atoms. The lowest BCUT2D eigenvalue weighted by Crippen LogP contribution is -2.40. The number of piperidine rings is 1. The Kier molecular flexibility index (Phi) is 6.01. The van der Waals surface area contributed by atoms with E-state index in [0.717, 1.165) is 5.39 Å². The molecule has 0 aliphatic carbocycles. The number of esters is 1. The minimum absolute atomic E-state index is 0.120. The molecule has 0 bridgehead atoms. The van der Waals surface area contributed by atoms with Gasteiger partial charge in [0.1, 0.15) is 18.8 Å². The van der Waals surface area contributed by atoms with Crippen molar-refractivity contribution < 1.29 is 36.6 Å². The van der Waals surface area contributed by atoms with E-state index in [-0.39, 0.29) is 23.7 Å². The summed E-state index contributed by atoms with van der Waals surface area (Å²) in [5.74, 6) is -0.364. The molecular formula is C24H23NO8S. The average Bonchev–Trinajstić information content (AvgIpc) is 3.31. The van der Waals surface area contributed by atoms with Gasteiger partial charge in [0.25, 0.3) is 0 Å². The van der Waals surface area contributed by atoms with Crippen LogP contribution in [0.4, 0.5) is 0 Å². The van der Waals surface area contributed by atoms with Crippen LogP contribution in [-0.2, 0) is 19.6 Å². The van der Waals surface area contributed by atoms with Crippen LogP contribution >= 0.6 is 0 Å². The van der Waals surface area contributed by atoms with Crippen molar-refractivity contribution in [1.82, 2.24) is 4.31 Å². The van der Waals surface area contributed by atoms with Gasteiger partial charge in [0.05, 0.1) is 10.8 Å². The zero-order chi connectivity index (χ0) is 23.7. The molecule has 0 unspecified atom stereocenters. The predicted octanol–water partition coefficient (Wildman–Crippen LogP) is 3.03. The lowest BCUT2D eigenvalue weighted by Gasteiger charge is -2.30. The number of carbonyl (C=O) groups excluding carboxylic acids is 2. The standard InChI is InChI=1S/C24H23NO8S/c26-19(22-13-17-3-1-2-4-20(17)33-22)15-32-24(27)16-7-9-25(10-8-16)34(28,29)18-5-6-21-23(14-18)31-12-11-30-21/h1-6,13-14,16H,7-12,15H2. The zero-order valence-corrected chi connectivity index (χ0v) is 19.1. The number of fused-ring (bicyclic) bond motifs is 2. The third kappa shape index (κ3) is 4.38. The molecule has 9 nitrogen and oxygen atoms in total. The zero-order valence-electron chi connectivity index (χ0n) is 18.3. The molecule has 5 rings (SSSR count). The van der Waals surface area contributed by atoms with Gasteiger partial charge in [0, 0.05) is 24.5 Å². The molecule has 0 atom stereocenters. The van der Waals surface area contributed by atoms with Crippen molar-refractivity contribution in [2.24, 2.45) is 5.92 Å². The van der Waals surface area contributed by atoms with Crippen molar-refractivity contribution in [2.75, 3.05) is 32.9 Å². The Morgan fingerprint density at radius 3 is 2.47 bits per heavy atom. The number of carbonyl (C=O) groups is 2. The fourth-order valence-electron chi connectivity index (χ4n) is 4.11. The summed E-state index contributed by atoms with van der Waals surface area (Å²) in [5.41, 5.74) is 0.587. The summed E-state index contributed by atoms with van der Waals surface area (Å²) < 4.78 is 49.1. The van der Waals surface area contributed by atoms with Crippen molar-refractivity contribution in [3.05, 3.63) is 54.3 Å². The largest absolute Gasteiger partial charge is 0.486 e. The van der Waals surface area contributed by atoms with E-state index in [0.29, 0.717) is 43.1 Å². The Balaban J connectivity index is 1.16. The van der Waals surface area contributed by atoms with E-state index in [9.17, 15) is 18.0 Å². The van der Waals surface area contributed by atoms with Crippen molar-refractivity contribution in [2.45, 2.75) is 17.7 Å². The van der Waals surface area contributed by atoms with Crippen molar-refractivity contribution >= 4 is 32.7 Å². The van der Waals surface area contributed by atoms with E-state index in [2.05, 4.69) is 0 Å². The first kappa shape index (κ1) is 22.4. The minimum Gasteiger partial charge on any atom is -0.486 e. The minimum atomic E-state index is -3.74. The van der Waals surface area contributed by atoms with Crippen LogP contribution < -0.4 is 9.47 Å². The number of sulfonamides is 1. The summed E-state index contributed by atoms with van der Waals surface area (Å²) in [6.45, 7) is 0.714. The molecule has 0 saturated carbocycles. The van der Waals surface area contributed by atoms with Gasteiger partial charge in [-0.05, 0) is 37.1 Å². The molecule has 0 amide bonds. The van der Waals surface area contributed by atoms with Crippen LogP contribution in [0.3, 0.4) is 0 Å². The second kappa shape index (κ2) is 9.11. The molecule has 2 aromatic carbocycles. The predicted molar refractivity (Wildman–Crippen MR) is 120 cm³/mol. The average molecular weight is 486 g/mol. The fourth-order valence-corrected chi connectivity index (χ4v) is 5.60. The van der Waals surface area contributed by atoms with Crippen LogP contribution in [0.5, 0.6) is 11.5 Å². The Morgan fingerprint density at radius 2 is 1.71 bits per heavy atom. The third-order valence-electron chi connectivity index (χ3n) is 5.98. The topological polar surface area (TPSA) is 112 Å². The first-order chi connectivity index (χ1) is 16.4. The number of rotatable bonds is 6. The number of ether oxygens (including phenoxy) is 3. The summed E-state index contributed by atoms with van der Waals surface area (Å²) in [6.07, 6.45) is 0.614. The SMILES string of the molecule is O=C(COC(=O)C1CCN(S(=O)(=O)c2ccc3c(c2)OCCO3)CC1)c1cc2ccccc2o1. The van der Waals surface area contributed by atoms with E-state index in [1.807, 2.05) is 12.1 Å². The molecule has 34 heavy (non-hydrogen) atoms. The molecule has 1 aromatic heterocycles. The second-order valence-electron chi connectivity index (χ2n) is 8.16. The third-order valence-corrected chi connectivity index (χ3v) is 7.88. The van der Waals surface area contributed by atoms with E-state index in [4.69, 9.17) is 18.6 Å². The highest BCUT2D eigenvalue weighted by Crippen LogP contribution is 2.34. The molecule has 178 valence electrons. The molecule has 3 aromatic rings. The Hall–Kier alpha value is -3.37. The lowest BCUT2D eigenvalue weighted by atomic mass is 9.98. The van der Waals surface area contributed by atoms with Crippen LogP contribution in [0, 0.1) is 5.92 Å². The number of para-hydroxylation sites is 1. The highest BCUT2D eigenvalue weighted by atomic mass is 32.2. The van der Waals surface area contributed by atoms with E-state index >= 15 is 0 Å². The normalized spacial score (nSPS) is 16.9. The quantitative estimate of drug-likeness (QED) is 0.387. The van der Waals surface area contributed by atoms with E-state index in [1.165, 1.54) is 16.4 Å². The van der Waals surface area contributed by atoms with E-state index < -0.39 is 34.3 Å². The van der Waals surface area contributed by atoms with Gasteiger partial charge in [-0.3, -0.25) is 9.59 Å². The molecular weight excluding hydrogens is 462 g/mol. The Bertz CT molecular complexity index is 1310. The molecule has 1 fully saturated rings. The Morgan fingerprint density at radius 1 is 0.971 bits per heavy atom. The number of hydrogen-bond acceptors (Lipinski definition) is 8. The number of hydrogen-bond donors (Lipinski definition) is 0. The van der Waals surface area contributed by atoms with Gasteiger partial charge < -0.3 is 18.6 Å². The van der Waals surface area contributed by atoms with Crippen molar-refractivity contribution in [3.8, 4) is 11.5 Å². The van der Waals surface area contributed by atoms with Crippen LogP contribution in [0.15, 0.2) is 57.8 Å². The molecule has 10 heteroatoms. The fraction of sp³-hybridized carbons (Fsp3) is 0.333. The van der Waals surface area contributed by atoms with Gasteiger partial charge in [0.2, 0.25) is 15.8 Å². The smallest absolute Gasteiger partial charge is 0.309 e. The van der Waals surface area contributed by atoms with E-state index in [1.54, 1.807) is 24.3 Å². The van der Waals surface area contributed by atoms with Crippen LogP contribution in [-0.4, -0.2) is 57.4 Å². The molecule has 3 heterocycles. The maximum Gasteiger partial charge on any atom is 0.309 e.